The first-order valence-corrected chi connectivity index (χ1v) is 8.34. The highest BCUT2D eigenvalue weighted by atomic mass is 32.2. The van der Waals surface area contributed by atoms with Crippen LogP contribution in [0.15, 0.2) is 29.4 Å². The van der Waals surface area contributed by atoms with Crippen LogP contribution in [-0.4, -0.2) is 30.6 Å². The minimum absolute atomic E-state index is 0.141. The van der Waals surface area contributed by atoms with Gasteiger partial charge in [0.15, 0.2) is 0 Å². The van der Waals surface area contributed by atoms with Crippen LogP contribution in [0.4, 0.5) is 5.69 Å². The fourth-order valence-electron chi connectivity index (χ4n) is 2.04. The quantitative estimate of drug-likeness (QED) is 0.914. The van der Waals surface area contributed by atoms with Crippen LogP contribution >= 0.6 is 0 Å². The van der Waals surface area contributed by atoms with Crippen LogP contribution in [0.1, 0.15) is 31.2 Å². The lowest BCUT2D eigenvalue weighted by Gasteiger charge is -2.07. The number of nitrogens with zero attached hydrogens (tertiary/aromatic N) is 3. The third kappa shape index (κ3) is 3.79. The Kier molecular flexibility index (Phi) is 5.07. The molecule has 1 amide bonds. The average Bonchev–Trinajstić information content (AvgIpc) is 2.83. The summed E-state index contributed by atoms with van der Waals surface area (Å²) in [6, 6.07) is 7.44. The lowest BCUT2D eigenvalue weighted by Crippen LogP contribution is -2.21. The SMILES string of the molecule is Cc1ccc(NC(=O)CS(=O)c2nnc(C(C)C)n2C)cc1. The molecular weight excluding hydrogens is 300 g/mol. The van der Waals surface area contributed by atoms with E-state index in [4.69, 9.17) is 0 Å². The smallest absolute Gasteiger partial charge is 0.237 e. The molecular formula is C15H20N4O2S. The first-order chi connectivity index (χ1) is 10.4. The van der Waals surface area contributed by atoms with Gasteiger partial charge in [-0.2, -0.15) is 0 Å². The minimum Gasteiger partial charge on any atom is -0.325 e. The number of carbonyl (C=O) groups excluding carboxylic acids is 1. The van der Waals surface area contributed by atoms with E-state index in [0.717, 1.165) is 11.4 Å². The lowest BCUT2D eigenvalue weighted by molar-refractivity contribution is -0.113. The van der Waals surface area contributed by atoms with E-state index in [1.807, 2.05) is 45.0 Å². The minimum atomic E-state index is -1.52. The highest BCUT2D eigenvalue weighted by Gasteiger charge is 2.19. The van der Waals surface area contributed by atoms with Gasteiger partial charge in [-0.3, -0.25) is 9.00 Å². The standard InChI is InChI=1S/C15H20N4O2S/c1-10(2)14-17-18-15(19(14)4)22(21)9-13(20)16-12-7-5-11(3)6-8-12/h5-8,10H,9H2,1-4H3,(H,16,20). The van der Waals surface area contributed by atoms with Crippen LogP contribution < -0.4 is 5.32 Å². The molecule has 1 unspecified atom stereocenters. The van der Waals surface area contributed by atoms with Crippen LogP contribution in [0.5, 0.6) is 0 Å². The summed E-state index contributed by atoms with van der Waals surface area (Å²) >= 11 is 0. The van der Waals surface area contributed by atoms with Crippen molar-refractivity contribution in [2.24, 2.45) is 7.05 Å². The van der Waals surface area contributed by atoms with E-state index < -0.39 is 10.8 Å². The van der Waals surface area contributed by atoms with Crippen LogP contribution in [-0.2, 0) is 22.6 Å². The summed E-state index contributed by atoms with van der Waals surface area (Å²) in [4.78, 5) is 12.0. The molecule has 118 valence electrons. The molecule has 0 radical (unpaired) electrons. The zero-order valence-corrected chi connectivity index (χ0v) is 14.0. The highest BCUT2D eigenvalue weighted by Crippen LogP contribution is 2.14. The molecule has 0 aliphatic carbocycles. The first-order valence-electron chi connectivity index (χ1n) is 7.02. The van der Waals surface area contributed by atoms with Crippen LogP contribution in [0.2, 0.25) is 0 Å². The number of anilines is 1. The number of carbonyl (C=O) groups is 1. The fourth-order valence-corrected chi connectivity index (χ4v) is 3.02. The molecule has 1 heterocycles. The van der Waals surface area contributed by atoms with Gasteiger partial charge in [-0.25, -0.2) is 0 Å². The Labute approximate surface area is 132 Å². The molecule has 2 aromatic rings. The maximum atomic E-state index is 12.3. The van der Waals surface area contributed by atoms with Crippen molar-refractivity contribution < 1.29 is 9.00 Å². The second-order valence-electron chi connectivity index (χ2n) is 5.46. The first kappa shape index (κ1) is 16.4. The Bertz CT molecular complexity index is 692. The predicted octanol–water partition coefficient (Wildman–Crippen LogP) is 1.99. The Morgan fingerprint density at radius 3 is 2.45 bits per heavy atom. The molecule has 2 rings (SSSR count). The average molecular weight is 320 g/mol. The number of aromatic nitrogens is 3. The van der Waals surface area contributed by atoms with Gasteiger partial charge in [0.25, 0.3) is 0 Å². The summed E-state index contributed by atoms with van der Waals surface area (Å²) in [5.74, 6) is 0.487. The summed E-state index contributed by atoms with van der Waals surface area (Å²) in [5.41, 5.74) is 1.80. The number of nitrogens with one attached hydrogen (secondary N) is 1. The molecule has 0 aliphatic rings. The second-order valence-corrected chi connectivity index (χ2v) is 6.80. The number of aryl methyl sites for hydroxylation is 1. The molecule has 1 aromatic heterocycles. The molecule has 0 fully saturated rings. The molecule has 0 spiro atoms. The molecule has 1 aromatic carbocycles. The zero-order valence-electron chi connectivity index (χ0n) is 13.2. The van der Waals surface area contributed by atoms with Crippen molar-refractivity contribution in [2.75, 3.05) is 11.1 Å². The summed E-state index contributed by atoms with van der Waals surface area (Å²) in [6.07, 6.45) is 0. The third-order valence-corrected chi connectivity index (χ3v) is 4.47. The van der Waals surface area contributed by atoms with Gasteiger partial charge < -0.3 is 9.88 Å². The summed E-state index contributed by atoms with van der Waals surface area (Å²) in [5, 5.41) is 11.0. The number of rotatable bonds is 5. The topological polar surface area (TPSA) is 76.9 Å². The van der Waals surface area contributed by atoms with Crippen LogP contribution in [0, 0.1) is 6.92 Å². The number of hydrogen-bond donors (Lipinski definition) is 1. The predicted molar refractivity (Wildman–Crippen MR) is 86.2 cm³/mol. The van der Waals surface area contributed by atoms with Crippen molar-refractivity contribution in [3.8, 4) is 0 Å². The van der Waals surface area contributed by atoms with Crippen LogP contribution in [0.25, 0.3) is 0 Å². The summed E-state index contributed by atoms with van der Waals surface area (Å²) in [6.45, 7) is 5.95. The van der Waals surface area contributed by atoms with Gasteiger partial charge in [0.2, 0.25) is 11.1 Å². The van der Waals surface area contributed by atoms with Crippen LogP contribution in [0.3, 0.4) is 0 Å². The Hall–Kier alpha value is -2.02. The number of amides is 1. The van der Waals surface area contributed by atoms with Crippen molar-refractivity contribution in [3.63, 3.8) is 0 Å². The maximum absolute atomic E-state index is 12.3. The van der Waals surface area contributed by atoms with E-state index in [1.54, 1.807) is 11.6 Å². The van der Waals surface area contributed by atoms with Crippen molar-refractivity contribution in [1.82, 2.24) is 14.8 Å². The molecule has 0 aliphatic heterocycles. The Balaban J connectivity index is 2.02. The lowest BCUT2D eigenvalue weighted by atomic mass is 10.2. The Morgan fingerprint density at radius 2 is 1.91 bits per heavy atom. The number of hydrogen-bond acceptors (Lipinski definition) is 4. The molecule has 7 heteroatoms. The molecule has 1 N–H and O–H groups in total. The Morgan fingerprint density at radius 1 is 1.27 bits per heavy atom. The van der Waals surface area contributed by atoms with E-state index in [1.165, 1.54) is 0 Å². The van der Waals surface area contributed by atoms with E-state index in [0.29, 0.717) is 10.8 Å². The summed E-state index contributed by atoms with van der Waals surface area (Å²) in [7, 11) is 0.243. The highest BCUT2D eigenvalue weighted by molar-refractivity contribution is 7.85. The van der Waals surface area contributed by atoms with Crippen molar-refractivity contribution in [3.05, 3.63) is 35.7 Å². The van der Waals surface area contributed by atoms with Gasteiger partial charge in [0.1, 0.15) is 22.4 Å². The molecule has 0 bridgehead atoms. The van der Waals surface area contributed by atoms with E-state index in [-0.39, 0.29) is 17.6 Å². The third-order valence-electron chi connectivity index (χ3n) is 3.19. The molecule has 6 nitrogen and oxygen atoms in total. The van der Waals surface area contributed by atoms with Gasteiger partial charge in [-0.15, -0.1) is 10.2 Å². The van der Waals surface area contributed by atoms with E-state index in [9.17, 15) is 9.00 Å². The van der Waals surface area contributed by atoms with E-state index >= 15 is 0 Å². The van der Waals surface area contributed by atoms with Crippen molar-refractivity contribution >= 4 is 22.4 Å². The second kappa shape index (κ2) is 6.83. The van der Waals surface area contributed by atoms with E-state index in [2.05, 4.69) is 15.5 Å². The molecule has 22 heavy (non-hydrogen) atoms. The van der Waals surface area contributed by atoms with Gasteiger partial charge in [-0.05, 0) is 19.1 Å². The normalized spacial score (nSPS) is 12.4. The molecule has 0 saturated carbocycles. The largest absolute Gasteiger partial charge is 0.325 e. The summed E-state index contributed by atoms with van der Waals surface area (Å²) < 4.78 is 14.0. The van der Waals surface area contributed by atoms with Gasteiger partial charge in [0, 0.05) is 18.7 Å². The zero-order chi connectivity index (χ0) is 16.3. The van der Waals surface area contributed by atoms with Gasteiger partial charge in [-0.1, -0.05) is 31.5 Å². The molecule has 0 saturated heterocycles. The molecule has 1 atom stereocenters. The van der Waals surface area contributed by atoms with Gasteiger partial charge >= 0.3 is 0 Å². The fraction of sp³-hybridized carbons (Fsp3) is 0.400. The monoisotopic (exact) mass is 320 g/mol. The maximum Gasteiger partial charge on any atom is 0.237 e. The number of benzene rings is 1. The van der Waals surface area contributed by atoms with Crippen molar-refractivity contribution in [1.29, 1.82) is 0 Å². The van der Waals surface area contributed by atoms with Crippen molar-refractivity contribution in [2.45, 2.75) is 31.8 Å². The van der Waals surface area contributed by atoms with Gasteiger partial charge in [0.05, 0.1) is 0 Å².